The van der Waals surface area contributed by atoms with E-state index >= 15 is 0 Å². The molecular formula is C12H18FN3. The topological polar surface area (TPSA) is 32.5 Å². The largest absolute Gasteiger partial charge is 0.399 e. The summed E-state index contributed by atoms with van der Waals surface area (Å²) in [6, 6.07) is 7.92. The molecule has 1 aromatic rings. The predicted octanol–water partition coefficient (Wildman–Crippen LogP) is 1.36. The molecule has 0 amide bonds. The Morgan fingerprint density at radius 1 is 1.19 bits per heavy atom. The lowest BCUT2D eigenvalue weighted by molar-refractivity contribution is 0.235. The Morgan fingerprint density at radius 3 is 2.56 bits per heavy atom. The van der Waals surface area contributed by atoms with Crippen LogP contribution >= 0.6 is 0 Å². The van der Waals surface area contributed by atoms with Gasteiger partial charge in [-0.3, -0.25) is 4.90 Å². The van der Waals surface area contributed by atoms with E-state index in [2.05, 4.69) is 15.9 Å². The summed E-state index contributed by atoms with van der Waals surface area (Å²) in [5.41, 5.74) is 7.72. The summed E-state index contributed by atoms with van der Waals surface area (Å²) in [5, 5.41) is 0. The highest BCUT2D eigenvalue weighted by atomic mass is 19.1. The number of nitrogen functional groups attached to an aromatic ring is 1. The monoisotopic (exact) mass is 223 g/mol. The number of nitrogens with two attached hydrogens (primary N) is 1. The number of halogens is 1. The Morgan fingerprint density at radius 2 is 1.94 bits per heavy atom. The van der Waals surface area contributed by atoms with E-state index in [0.717, 1.165) is 31.9 Å². The minimum absolute atomic E-state index is 0.252. The molecule has 0 spiro atoms. The Labute approximate surface area is 95.6 Å². The second kappa shape index (κ2) is 5.16. The average molecular weight is 223 g/mol. The molecule has 0 aliphatic carbocycles. The summed E-state index contributed by atoms with van der Waals surface area (Å²) in [6.07, 6.45) is 0. The fourth-order valence-electron chi connectivity index (χ4n) is 2.07. The molecule has 2 rings (SSSR count). The Bertz CT molecular complexity index is 335. The Hall–Kier alpha value is -1.29. The quantitative estimate of drug-likeness (QED) is 0.785. The van der Waals surface area contributed by atoms with Gasteiger partial charge in [0.2, 0.25) is 0 Å². The minimum atomic E-state index is -0.252. The van der Waals surface area contributed by atoms with Crippen molar-refractivity contribution in [1.29, 1.82) is 0 Å². The van der Waals surface area contributed by atoms with Crippen LogP contribution in [0, 0.1) is 0 Å². The number of benzene rings is 1. The van der Waals surface area contributed by atoms with Crippen LogP contribution < -0.4 is 10.6 Å². The predicted molar refractivity (Wildman–Crippen MR) is 65.5 cm³/mol. The van der Waals surface area contributed by atoms with Gasteiger partial charge in [0.25, 0.3) is 0 Å². The zero-order chi connectivity index (χ0) is 11.4. The van der Waals surface area contributed by atoms with Crippen LogP contribution in [0.15, 0.2) is 24.3 Å². The molecule has 0 bridgehead atoms. The van der Waals surface area contributed by atoms with Gasteiger partial charge in [0.05, 0.1) is 0 Å². The minimum Gasteiger partial charge on any atom is -0.399 e. The highest BCUT2D eigenvalue weighted by molar-refractivity contribution is 5.56. The molecule has 1 saturated heterocycles. The maximum absolute atomic E-state index is 12.2. The van der Waals surface area contributed by atoms with Crippen molar-refractivity contribution in [1.82, 2.24) is 4.90 Å². The number of piperazine rings is 1. The lowest BCUT2D eigenvalue weighted by atomic mass is 10.2. The fourth-order valence-corrected chi connectivity index (χ4v) is 2.07. The molecule has 0 atom stereocenters. The van der Waals surface area contributed by atoms with Gasteiger partial charge in [-0.1, -0.05) is 6.07 Å². The second-order valence-corrected chi connectivity index (χ2v) is 4.11. The third kappa shape index (κ3) is 2.64. The lowest BCUT2D eigenvalue weighted by Crippen LogP contribution is -2.47. The van der Waals surface area contributed by atoms with E-state index in [1.54, 1.807) is 0 Å². The fraction of sp³-hybridized carbons (Fsp3) is 0.500. The molecule has 2 N–H and O–H groups in total. The number of nitrogens with zero attached hydrogens (tertiary/aromatic N) is 2. The van der Waals surface area contributed by atoms with E-state index in [0.29, 0.717) is 6.54 Å². The molecular weight excluding hydrogens is 205 g/mol. The van der Waals surface area contributed by atoms with Crippen molar-refractivity contribution < 1.29 is 4.39 Å². The van der Waals surface area contributed by atoms with Gasteiger partial charge in [-0.25, -0.2) is 4.39 Å². The molecule has 1 aliphatic rings. The first-order chi connectivity index (χ1) is 7.79. The van der Waals surface area contributed by atoms with Crippen LogP contribution in [0.25, 0.3) is 0 Å². The molecule has 88 valence electrons. The normalized spacial score (nSPS) is 17.7. The highest BCUT2D eigenvalue weighted by Crippen LogP contribution is 2.18. The second-order valence-electron chi connectivity index (χ2n) is 4.11. The number of alkyl halides is 1. The van der Waals surface area contributed by atoms with Gasteiger partial charge in [0.1, 0.15) is 6.67 Å². The number of rotatable bonds is 3. The highest BCUT2D eigenvalue weighted by Gasteiger charge is 2.16. The van der Waals surface area contributed by atoms with Crippen molar-refractivity contribution in [3.63, 3.8) is 0 Å². The van der Waals surface area contributed by atoms with Crippen LogP contribution in [0.1, 0.15) is 0 Å². The third-order valence-corrected chi connectivity index (χ3v) is 3.01. The summed E-state index contributed by atoms with van der Waals surface area (Å²) in [7, 11) is 0. The van der Waals surface area contributed by atoms with Crippen LogP contribution in [0.4, 0.5) is 15.8 Å². The van der Waals surface area contributed by atoms with E-state index in [9.17, 15) is 4.39 Å². The summed E-state index contributed by atoms with van der Waals surface area (Å²) < 4.78 is 12.2. The maximum Gasteiger partial charge on any atom is 0.102 e. The third-order valence-electron chi connectivity index (χ3n) is 3.01. The zero-order valence-corrected chi connectivity index (χ0v) is 9.40. The lowest BCUT2D eigenvalue weighted by Gasteiger charge is -2.35. The van der Waals surface area contributed by atoms with Crippen molar-refractivity contribution in [2.24, 2.45) is 0 Å². The van der Waals surface area contributed by atoms with Crippen molar-refractivity contribution in [2.45, 2.75) is 0 Å². The first kappa shape index (κ1) is 11.2. The van der Waals surface area contributed by atoms with Crippen molar-refractivity contribution in [3.05, 3.63) is 24.3 Å². The standard InChI is InChI=1S/C12H18FN3/c13-4-5-15-6-8-16(9-7-15)12-3-1-2-11(14)10-12/h1-3,10H,4-9,14H2. The van der Waals surface area contributed by atoms with Crippen molar-refractivity contribution in [3.8, 4) is 0 Å². The smallest absolute Gasteiger partial charge is 0.102 e. The van der Waals surface area contributed by atoms with Crippen LogP contribution in [-0.4, -0.2) is 44.3 Å². The van der Waals surface area contributed by atoms with E-state index < -0.39 is 0 Å². The molecule has 0 aromatic heterocycles. The molecule has 16 heavy (non-hydrogen) atoms. The van der Waals surface area contributed by atoms with E-state index in [1.165, 1.54) is 5.69 Å². The SMILES string of the molecule is Nc1cccc(N2CCN(CCF)CC2)c1. The summed E-state index contributed by atoms with van der Waals surface area (Å²) in [4.78, 5) is 4.45. The Balaban J connectivity index is 1.94. The van der Waals surface area contributed by atoms with E-state index in [4.69, 9.17) is 5.73 Å². The summed E-state index contributed by atoms with van der Waals surface area (Å²) in [6.45, 7) is 4.06. The van der Waals surface area contributed by atoms with Crippen LogP contribution in [0.2, 0.25) is 0 Å². The zero-order valence-electron chi connectivity index (χ0n) is 9.40. The van der Waals surface area contributed by atoms with Crippen LogP contribution in [-0.2, 0) is 0 Å². The van der Waals surface area contributed by atoms with Gasteiger partial charge >= 0.3 is 0 Å². The molecule has 1 aromatic carbocycles. The van der Waals surface area contributed by atoms with Crippen molar-refractivity contribution in [2.75, 3.05) is 50.0 Å². The van der Waals surface area contributed by atoms with Gasteiger partial charge in [0.15, 0.2) is 0 Å². The number of hydrogen-bond donors (Lipinski definition) is 1. The summed E-state index contributed by atoms with van der Waals surface area (Å²) in [5.74, 6) is 0. The molecule has 0 saturated carbocycles. The van der Waals surface area contributed by atoms with Gasteiger partial charge in [-0.05, 0) is 18.2 Å². The molecule has 0 radical (unpaired) electrons. The Kier molecular flexibility index (Phi) is 3.62. The number of anilines is 2. The van der Waals surface area contributed by atoms with Gasteiger partial charge in [0, 0.05) is 44.1 Å². The first-order valence-corrected chi connectivity index (χ1v) is 5.68. The summed E-state index contributed by atoms with van der Waals surface area (Å²) >= 11 is 0. The van der Waals surface area contributed by atoms with E-state index in [1.807, 2.05) is 18.2 Å². The maximum atomic E-state index is 12.2. The van der Waals surface area contributed by atoms with Gasteiger partial charge < -0.3 is 10.6 Å². The van der Waals surface area contributed by atoms with Crippen LogP contribution in [0.3, 0.4) is 0 Å². The molecule has 0 unspecified atom stereocenters. The molecule has 1 fully saturated rings. The average Bonchev–Trinajstić information content (AvgIpc) is 2.30. The van der Waals surface area contributed by atoms with Gasteiger partial charge in [-0.15, -0.1) is 0 Å². The molecule has 1 aliphatic heterocycles. The first-order valence-electron chi connectivity index (χ1n) is 5.68. The van der Waals surface area contributed by atoms with E-state index in [-0.39, 0.29) is 6.67 Å². The molecule has 1 heterocycles. The van der Waals surface area contributed by atoms with Crippen LogP contribution in [0.5, 0.6) is 0 Å². The molecule has 3 nitrogen and oxygen atoms in total. The van der Waals surface area contributed by atoms with Gasteiger partial charge in [-0.2, -0.15) is 0 Å². The molecule has 4 heteroatoms. The number of hydrogen-bond acceptors (Lipinski definition) is 3. The van der Waals surface area contributed by atoms with Crippen molar-refractivity contribution >= 4 is 11.4 Å².